The van der Waals surface area contributed by atoms with Crippen LogP contribution in [0, 0.1) is 5.82 Å². The van der Waals surface area contributed by atoms with Crippen LogP contribution in [-0.4, -0.2) is 49.7 Å². The highest BCUT2D eigenvalue weighted by atomic mass is 32.1. The summed E-state index contributed by atoms with van der Waals surface area (Å²) in [7, 11) is 1.46. The van der Waals surface area contributed by atoms with Crippen molar-refractivity contribution in [1.82, 2.24) is 4.90 Å². The molecule has 1 aromatic carbocycles. The predicted octanol–water partition coefficient (Wildman–Crippen LogP) is 3.60. The summed E-state index contributed by atoms with van der Waals surface area (Å²) >= 11 is 4.52. The minimum absolute atomic E-state index is 0.106. The maximum absolute atomic E-state index is 14.6. The number of hydrogen-bond acceptors (Lipinski definition) is 5. The van der Waals surface area contributed by atoms with Crippen molar-refractivity contribution >= 4 is 24.3 Å². The summed E-state index contributed by atoms with van der Waals surface area (Å²) in [5.74, 6) is -0.308. The number of methoxy groups -OCH3 is 1. The molecule has 2 aliphatic rings. The Labute approximate surface area is 161 Å². The van der Waals surface area contributed by atoms with Crippen molar-refractivity contribution in [3.05, 3.63) is 29.6 Å². The van der Waals surface area contributed by atoms with Gasteiger partial charge in [0.05, 0.1) is 12.8 Å². The zero-order chi connectivity index (χ0) is 18.9. The van der Waals surface area contributed by atoms with Gasteiger partial charge >= 0.3 is 5.97 Å². The monoisotopic (exact) mass is 380 g/mol. The van der Waals surface area contributed by atoms with E-state index in [0.29, 0.717) is 11.7 Å². The molecular weight excluding hydrogens is 351 g/mol. The zero-order valence-corrected chi connectivity index (χ0v) is 16.8. The van der Waals surface area contributed by atoms with Crippen molar-refractivity contribution in [3.8, 4) is 0 Å². The molecule has 0 radical (unpaired) electrons. The summed E-state index contributed by atoms with van der Waals surface area (Å²) in [5.41, 5.74) is 1.55. The third kappa shape index (κ3) is 4.01. The van der Waals surface area contributed by atoms with Gasteiger partial charge in [-0.25, -0.2) is 4.39 Å². The number of benzene rings is 1. The molecular formula is C20H29FN2O2S. The molecule has 0 amide bonds. The smallest absolute Gasteiger partial charge is 0.323 e. The number of rotatable bonds is 4. The lowest BCUT2D eigenvalue weighted by Crippen LogP contribution is -2.49. The van der Waals surface area contributed by atoms with E-state index in [1.165, 1.54) is 7.11 Å². The van der Waals surface area contributed by atoms with Crippen molar-refractivity contribution in [2.45, 2.75) is 56.4 Å². The maximum Gasteiger partial charge on any atom is 0.323 e. The van der Waals surface area contributed by atoms with Crippen molar-refractivity contribution in [2.24, 2.45) is 0 Å². The Morgan fingerprint density at radius 3 is 2.50 bits per heavy atom. The van der Waals surface area contributed by atoms with Crippen LogP contribution in [0.5, 0.6) is 0 Å². The Kier molecular flexibility index (Phi) is 5.82. The van der Waals surface area contributed by atoms with Gasteiger partial charge in [-0.15, -0.1) is 0 Å². The molecule has 6 heteroatoms. The van der Waals surface area contributed by atoms with Gasteiger partial charge in [-0.3, -0.25) is 9.69 Å². The highest BCUT2D eigenvalue weighted by Gasteiger charge is 2.37. The Balaban J connectivity index is 1.65. The van der Waals surface area contributed by atoms with Gasteiger partial charge in [0, 0.05) is 23.9 Å². The minimum atomic E-state index is -0.356. The summed E-state index contributed by atoms with van der Waals surface area (Å²) in [5, 5.41) is 0. The van der Waals surface area contributed by atoms with Gasteiger partial charge in [0.15, 0.2) is 0 Å². The summed E-state index contributed by atoms with van der Waals surface area (Å²) in [6.45, 7) is 6.48. The van der Waals surface area contributed by atoms with Crippen LogP contribution in [0.15, 0.2) is 18.2 Å². The van der Waals surface area contributed by atoms with E-state index in [9.17, 15) is 9.18 Å². The van der Waals surface area contributed by atoms with E-state index in [-0.39, 0.29) is 22.6 Å². The van der Waals surface area contributed by atoms with Crippen molar-refractivity contribution in [1.29, 1.82) is 0 Å². The Morgan fingerprint density at radius 1 is 1.23 bits per heavy atom. The highest BCUT2D eigenvalue weighted by Crippen LogP contribution is 2.33. The third-order valence-corrected chi connectivity index (χ3v) is 5.95. The molecule has 0 N–H and O–H groups in total. The fraction of sp³-hybridized carbons (Fsp3) is 0.650. The Bertz CT molecular complexity index is 654. The molecule has 4 nitrogen and oxygen atoms in total. The molecule has 1 aromatic rings. The van der Waals surface area contributed by atoms with Crippen LogP contribution in [0.2, 0.25) is 0 Å². The molecule has 26 heavy (non-hydrogen) atoms. The van der Waals surface area contributed by atoms with Gasteiger partial charge in [-0.1, -0.05) is 6.07 Å². The van der Waals surface area contributed by atoms with Crippen LogP contribution < -0.4 is 4.90 Å². The maximum atomic E-state index is 14.6. The number of piperidine rings is 1. The van der Waals surface area contributed by atoms with E-state index < -0.39 is 0 Å². The van der Waals surface area contributed by atoms with Crippen molar-refractivity contribution in [2.75, 3.05) is 31.6 Å². The molecule has 3 rings (SSSR count). The fourth-order valence-electron chi connectivity index (χ4n) is 4.20. The Morgan fingerprint density at radius 2 is 1.92 bits per heavy atom. The first kappa shape index (κ1) is 19.5. The molecule has 1 atom stereocenters. The fourth-order valence-corrected chi connectivity index (χ4v) is 4.34. The van der Waals surface area contributed by atoms with Gasteiger partial charge in [0.2, 0.25) is 0 Å². The van der Waals surface area contributed by atoms with Crippen LogP contribution in [0.4, 0.5) is 10.1 Å². The number of esters is 1. The number of ether oxygens (including phenoxy) is 1. The number of anilines is 1. The topological polar surface area (TPSA) is 32.8 Å². The molecule has 0 aromatic heterocycles. The highest BCUT2D eigenvalue weighted by molar-refractivity contribution is 7.81. The SMILES string of the molecule is COC(=O)[C@@H]1CCCN1C1CCN(c2ccc(C(C)(C)S)cc2F)CC1. The number of likely N-dealkylation sites (tertiary alicyclic amines) is 1. The van der Waals surface area contributed by atoms with Gasteiger partial charge in [0.1, 0.15) is 11.9 Å². The number of nitrogens with zero attached hydrogens (tertiary/aromatic N) is 2. The average Bonchev–Trinajstić information content (AvgIpc) is 3.10. The first-order valence-electron chi connectivity index (χ1n) is 9.42. The first-order valence-corrected chi connectivity index (χ1v) is 9.87. The molecule has 0 aliphatic carbocycles. The van der Waals surface area contributed by atoms with Crippen LogP contribution in [0.1, 0.15) is 45.1 Å². The molecule has 2 heterocycles. The van der Waals surface area contributed by atoms with E-state index >= 15 is 0 Å². The van der Waals surface area contributed by atoms with Crippen LogP contribution in [0.3, 0.4) is 0 Å². The van der Waals surface area contributed by atoms with Crippen LogP contribution in [-0.2, 0) is 14.3 Å². The second-order valence-corrected chi connectivity index (χ2v) is 8.98. The number of thiol groups is 1. The number of hydrogen-bond donors (Lipinski definition) is 1. The lowest BCUT2D eigenvalue weighted by molar-refractivity contribution is -0.146. The van der Waals surface area contributed by atoms with Crippen molar-refractivity contribution in [3.63, 3.8) is 0 Å². The normalized spacial score (nSPS) is 22.7. The molecule has 2 aliphatic heterocycles. The minimum Gasteiger partial charge on any atom is -0.468 e. The molecule has 0 spiro atoms. The van der Waals surface area contributed by atoms with Gasteiger partial charge in [-0.2, -0.15) is 12.6 Å². The second kappa shape index (κ2) is 7.77. The van der Waals surface area contributed by atoms with Gasteiger partial charge < -0.3 is 9.64 Å². The summed E-state index contributed by atoms with van der Waals surface area (Å²) in [6.07, 6.45) is 3.79. The molecule has 0 unspecified atom stereocenters. The number of carbonyl (C=O) groups is 1. The molecule has 2 saturated heterocycles. The van der Waals surface area contributed by atoms with Gasteiger partial charge in [0.25, 0.3) is 0 Å². The van der Waals surface area contributed by atoms with Crippen molar-refractivity contribution < 1.29 is 13.9 Å². The van der Waals surface area contributed by atoms with E-state index in [1.807, 2.05) is 26.0 Å². The largest absolute Gasteiger partial charge is 0.468 e. The lowest BCUT2D eigenvalue weighted by atomic mass is 9.99. The average molecular weight is 381 g/mol. The lowest BCUT2D eigenvalue weighted by Gasteiger charge is -2.39. The number of carbonyl (C=O) groups excluding carboxylic acids is 1. The predicted molar refractivity (Wildman–Crippen MR) is 105 cm³/mol. The van der Waals surface area contributed by atoms with Gasteiger partial charge in [-0.05, 0) is 63.8 Å². The second-order valence-electron chi connectivity index (χ2n) is 7.86. The van der Waals surface area contributed by atoms with Crippen LogP contribution >= 0.6 is 12.6 Å². The summed E-state index contributed by atoms with van der Waals surface area (Å²) in [4.78, 5) is 16.4. The molecule has 0 bridgehead atoms. The molecule has 0 saturated carbocycles. The number of halogens is 1. The van der Waals surface area contributed by atoms with E-state index in [4.69, 9.17) is 4.74 Å². The molecule has 144 valence electrons. The summed E-state index contributed by atoms with van der Waals surface area (Å²) in [6, 6.07) is 5.70. The standard InChI is InChI=1S/C20H29FN2O2S/c1-20(2,26)14-6-7-17(16(21)13-14)22-11-8-15(9-12-22)23-10-4-5-18(23)19(24)25-3/h6-7,13,15,18,26H,4-5,8-12H2,1-3H3/t18-/m0/s1. The molecule has 2 fully saturated rings. The Hall–Kier alpha value is -1.27. The zero-order valence-electron chi connectivity index (χ0n) is 15.9. The van der Waals surface area contributed by atoms with Crippen LogP contribution in [0.25, 0.3) is 0 Å². The quantitative estimate of drug-likeness (QED) is 0.639. The third-order valence-electron chi connectivity index (χ3n) is 5.70. The summed E-state index contributed by atoms with van der Waals surface area (Å²) < 4.78 is 19.2. The first-order chi connectivity index (χ1) is 12.3. The van der Waals surface area contributed by atoms with E-state index in [1.54, 1.807) is 6.07 Å². The van der Waals surface area contributed by atoms with E-state index in [0.717, 1.165) is 50.9 Å². The van der Waals surface area contributed by atoms with E-state index in [2.05, 4.69) is 22.4 Å².